The van der Waals surface area contributed by atoms with E-state index >= 15 is 0 Å². The van der Waals surface area contributed by atoms with Crippen LogP contribution >= 0.6 is 24.4 Å². The number of aromatic amines is 2. The summed E-state index contributed by atoms with van der Waals surface area (Å²) in [4.78, 5) is 9.90. The number of benzene rings is 1. The third-order valence-corrected chi connectivity index (χ3v) is 3.13. The average molecular weight is 292 g/mol. The summed E-state index contributed by atoms with van der Waals surface area (Å²) < 4.78 is 0.839. The van der Waals surface area contributed by atoms with E-state index in [2.05, 4.69) is 33.3 Å². The maximum atomic E-state index is 5.05. The number of rotatable bonds is 5. The van der Waals surface area contributed by atoms with Gasteiger partial charge in [0.1, 0.15) is 0 Å². The van der Waals surface area contributed by atoms with Gasteiger partial charge in [0.05, 0.1) is 0 Å². The van der Waals surface area contributed by atoms with Crippen LogP contribution in [0.2, 0.25) is 0 Å². The fourth-order valence-corrected chi connectivity index (χ4v) is 2.26. The molecular formula is C13H16N4S2. The molecule has 2 aromatic rings. The Hall–Kier alpha value is -1.53. The lowest BCUT2D eigenvalue weighted by Gasteiger charge is -2.10. The van der Waals surface area contributed by atoms with E-state index in [0.29, 0.717) is 15.5 Å². The van der Waals surface area contributed by atoms with E-state index in [1.807, 2.05) is 18.2 Å². The van der Waals surface area contributed by atoms with E-state index in [1.165, 1.54) is 12.0 Å². The minimum atomic E-state index is 0.372. The molecule has 6 heteroatoms. The first-order chi connectivity index (χ1) is 9.19. The Labute approximate surface area is 122 Å². The molecule has 2 rings (SSSR count). The molecule has 100 valence electrons. The molecule has 0 spiro atoms. The quantitative estimate of drug-likeness (QED) is 0.720. The van der Waals surface area contributed by atoms with Crippen LogP contribution in [-0.4, -0.2) is 15.0 Å². The summed E-state index contributed by atoms with van der Waals surface area (Å²) in [6.07, 6.45) is 3.38. The van der Waals surface area contributed by atoms with Gasteiger partial charge in [-0.1, -0.05) is 31.5 Å². The molecule has 3 N–H and O–H groups in total. The summed E-state index contributed by atoms with van der Waals surface area (Å²) in [5.41, 5.74) is 2.30. The maximum Gasteiger partial charge on any atom is 0.209 e. The van der Waals surface area contributed by atoms with Gasteiger partial charge in [-0.2, -0.15) is 4.98 Å². The second-order valence-corrected chi connectivity index (χ2v) is 5.03. The van der Waals surface area contributed by atoms with Gasteiger partial charge in [-0.25, -0.2) is 0 Å². The van der Waals surface area contributed by atoms with Crippen LogP contribution in [0.15, 0.2) is 24.3 Å². The van der Waals surface area contributed by atoms with Gasteiger partial charge < -0.3 is 15.3 Å². The molecule has 0 aliphatic carbocycles. The lowest BCUT2D eigenvalue weighted by Crippen LogP contribution is -2.01. The topological polar surface area (TPSA) is 56.5 Å². The van der Waals surface area contributed by atoms with E-state index in [1.54, 1.807) is 0 Å². The molecule has 0 saturated heterocycles. The molecular weight excluding hydrogens is 276 g/mol. The first-order valence-corrected chi connectivity index (χ1v) is 7.06. The van der Waals surface area contributed by atoms with Gasteiger partial charge in [0.15, 0.2) is 4.77 Å². The second kappa shape index (κ2) is 6.58. The highest BCUT2D eigenvalue weighted by atomic mass is 32.1. The third-order valence-electron chi connectivity index (χ3n) is 2.74. The third kappa shape index (κ3) is 3.97. The Kier molecular flexibility index (Phi) is 4.81. The average Bonchev–Trinajstić information content (AvgIpc) is 2.36. The molecule has 0 atom stereocenters. The van der Waals surface area contributed by atoms with Crippen molar-refractivity contribution in [1.29, 1.82) is 0 Å². The van der Waals surface area contributed by atoms with E-state index < -0.39 is 0 Å². The van der Waals surface area contributed by atoms with Crippen molar-refractivity contribution in [2.75, 3.05) is 5.32 Å². The van der Waals surface area contributed by atoms with Crippen molar-refractivity contribution in [2.24, 2.45) is 0 Å². The van der Waals surface area contributed by atoms with E-state index in [-0.39, 0.29) is 0 Å². The Morgan fingerprint density at radius 2 is 2.00 bits per heavy atom. The van der Waals surface area contributed by atoms with Crippen molar-refractivity contribution in [3.63, 3.8) is 0 Å². The number of hydrogen-bond donors (Lipinski definition) is 3. The first-order valence-electron chi connectivity index (χ1n) is 6.24. The fourth-order valence-electron chi connectivity index (χ4n) is 1.81. The molecule has 0 unspecified atom stereocenters. The number of unbranched alkanes of at least 4 members (excludes halogenated alkanes) is 1. The monoisotopic (exact) mass is 292 g/mol. The van der Waals surface area contributed by atoms with Crippen LogP contribution in [0.1, 0.15) is 25.3 Å². The van der Waals surface area contributed by atoms with Crippen molar-refractivity contribution >= 4 is 36.1 Å². The second-order valence-electron chi connectivity index (χ2n) is 4.23. The van der Waals surface area contributed by atoms with Gasteiger partial charge in [0.25, 0.3) is 0 Å². The number of anilines is 2. The van der Waals surface area contributed by atoms with Crippen molar-refractivity contribution in [1.82, 2.24) is 15.0 Å². The molecule has 0 aliphatic rings. The zero-order valence-corrected chi connectivity index (χ0v) is 12.3. The molecule has 1 aromatic heterocycles. The van der Waals surface area contributed by atoms with Crippen LogP contribution in [-0.2, 0) is 6.42 Å². The van der Waals surface area contributed by atoms with Crippen molar-refractivity contribution in [3.05, 3.63) is 39.4 Å². The summed E-state index contributed by atoms with van der Waals surface area (Å²) in [5.74, 6) is 0.567. The lowest BCUT2D eigenvalue weighted by molar-refractivity contribution is 0.796. The maximum absolute atomic E-state index is 5.05. The number of aromatic nitrogens is 3. The van der Waals surface area contributed by atoms with Gasteiger partial charge in [-0.05, 0) is 48.9 Å². The van der Waals surface area contributed by atoms with Crippen LogP contribution in [0.4, 0.5) is 11.6 Å². The Balaban J connectivity index is 2.27. The van der Waals surface area contributed by atoms with E-state index in [0.717, 1.165) is 18.5 Å². The summed E-state index contributed by atoms with van der Waals surface area (Å²) in [6.45, 7) is 2.19. The minimum absolute atomic E-state index is 0.372. The van der Waals surface area contributed by atoms with E-state index in [4.69, 9.17) is 24.4 Å². The Morgan fingerprint density at radius 3 is 2.74 bits per heavy atom. The number of H-pyrrole nitrogens is 2. The lowest BCUT2D eigenvalue weighted by atomic mass is 10.1. The van der Waals surface area contributed by atoms with Gasteiger partial charge in [0, 0.05) is 5.69 Å². The normalized spacial score (nSPS) is 10.4. The Morgan fingerprint density at radius 1 is 1.21 bits per heavy atom. The highest BCUT2D eigenvalue weighted by molar-refractivity contribution is 7.71. The standard InChI is InChI=1S/C13H16N4S2/c1-2-3-6-9-7-4-5-8-10(9)14-11-15-12(18)17-13(19)16-11/h4-5,7-8H,2-3,6H2,1H3,(H3,14,15,16,17,18,19). The van der Waals surface area contributed by atoms with Crippen LogP contribution < -0.4 is 5.32 Å². The van der Waals surface area contributed by atoms with Crippen molar-refractivity contribution in [3.8, 4) is 0 Å². The molecule has 1 aromatic carbocycles. The number of hydrogen-bond acceptors (Lipinski definition) is 4. The first kappa shape index (κ1) is 13.9. The molecule has 4 nitrogen and oxygen atoms in total. The van der Waals surface area contributed by atoms with E-state index in [9.17, 15) is 0 Å². The molecule has 1 heterocycles. The molecule has 0 aliphatic heterocycles. The molecule has 0 fully saturated rings. The van der Waals surface area contributed by atoms with Crippen LogP contribution in [0.25, 0.3) is 0 Å². The van der Waals surface area contributed by atoms with Crippen LogP contribution in [0, 0.1) is 9.54 Å². The molecule has 0 bridgehead atoms. The summed E-state index contributed by atoms with van der Waals surface area (Å²) in [7, 11) is 0. The number of nitrogens with zero attached hydrogens (tertiary/aromatic N) is 1. The predicted molar refractivity (Wildman–Crippen MR) is 82.9 cm³/mol. The highest BCUT2D eigenvalue weighted by Crippen LogP contribution is 2.20. The molecule has 0 saturated carbocycles. The number of nitrogens with one attached hydrogen (secondary N) is 3. The highest BCUT2D eigenvalue weighted by Gasteiger charge is 2.03. The molecule has 19 heavy (non-hydrogen) atoms. The number of para-hydroxylation sites is 1. The summed E-state index contributed by atoms with van der Waals surface area (Å²) >= 11 is 10.1. The predicted octanol–water partition coefficient (Wildman–Crippen LogP) is 4.28. The van der Waals surface area contributed by atoms with Crippen LogP contribution in [0.5, 0.6) is 0 Å². The van der Waals surface area contributed by atoms with Gasteiger partial charge in [-0.3, -0.25) is 0 Å². The zero-order chi connectivity index (χ0) is 13.7. The smallest absolute Gasteiger partial charge is 0.209 e. The Bertz CT molecular complexity index is 632. The van der Waals surface area contributed by atoms with Crippen molar-refractivity contribution < 1.29 is 0 Å². The fraction of sp³-hybridized carbons (Fsp3) is 0.308. The number of aryl methyl sites for hydroxylation is 1. The minimum Gasteiger partial charge on any atom is -0.325 e. The van der Waals surface area contributed by atoms with Crippen molar-refractivity contribution in [2.45, 2.75) is 26.2 Å². The molecule has 0 radical (unpaired) electrons. The SMILES string of the molecule is CCCCc1ccccc1Nc1nc(=S)[nH]c(=S)[nH]1. The summed E-state index contributed by atoms with van der Waals surface area (Å²) in [6, 6.07) is 8.19. The van der Waals surface area contributed by atoms with Gasteiger partial charge >= 0.3 is 0 Å². The van der Waals surface area contributed by atoms with Gasteiger partial charge in [0.2, 0.25) is 10.7 Å². The largest absolute Gasteiger partial charge is 0.325 e. The summed E-state index contributed by atoms with van der Waals surface area (Å²) in [5, 5.41) is 3.24. The molecule has 0 amide bonds. The zero-order valence-electron chi connectivity index (χ0n) is 10.7. The van der Waals surface area contributed by atoms with Gasteiger partial charge in [-0.15, -0.1) is 0 Å². The van der Waals surface area contributed by atoms with Crippen LogP contribution in [0.3, 0.4) is 0 Å².